The summed E-state index contributed by atoms with van der Waals surface area (Å²) in [6, 6.07) is 4.02. The summed E-state index contributed by atoms with van der Waals surface area (Å²) in [6.07, 6.45) is 4.68. The van der Waals surface area contributed by atoms with Gasteiger partial charge in [0.15, 0.2) is 0 Å². The lowest BCUT2D eigenvalue weighted by atomic mass is 10.2. The van der Waals surface area contributed by atoms with Gasteiger partial charge in [0.05, 0.1) is 5.69 Å². The normalized spacial score (nSPS) is 14.9. The van der Waals surface area contributed by atoms with Crippen molar-refractivity contribution < 1.29 is 0 Å². The first-order valence-corrected chi connectivity index (χ1v) is 5.85. The molecule has 0 saturated carbocycles. The molecule has 2 aromatic heterocycles. The minimum absolute atomic E-state index is 0.970. The first kappa shape index (κ1) is 9.00. The van der Waals surface area contributed by atoms with Gasteiger partial charge in [-0.05, 0) is 12.1 Å². The van der Waals surface area contributed by atoms with Crippen LogP contribution in [0.4, 0.5) is 0 Å². The van der Waals surface area contributed by atoms with Crippen molar-refractivity contribution in [3.05, 3.63) is 35.1 Å². The standard InChI is InChI=1S/C11H11N3S/c1-4-12-5-2-8(1)11-14-9-3-6-13-7-10(9)15-11/h1-2,4-5,13H,3,6-7H2. The molecule has 1 aliphatic rings. The number of rotatable bonds is 1. The van der Waals surface area contributed by atoms with Crippen molar-refractivity contribution in [3.63, 3.8) is 0 Å². The number of pyridine rings is 1. The lowest BCUT2D eigenvalue weighted by molar-refractivity contribution is 0.644. The summed E-state index contributed by atoms with van der Waals surface area (Å²) in [4.78, 5) is 10.1. The largest absolute Gasteiger partial charge is 0.311 e. The molecule has 1 N–H and O–H groups in total. The maximum atomic E-state index is 4.67. The third-order valence-electron chi connectivity index (χ3n) is 2.53. The number of nitrogens with one attached hydrogen (secondary N) is 1. The van der Waals surface area contributed by atoms with Gasteiger partial charge in [0.1, 0.15) is 5.01 Å². The maximum Gasteiger partial charge on any atom is 0.124 e. The van der Waals surface area contributed by atoms with Gasteiger partial charge in [0, 0.05) is 42.3 Å². The van der Waals surface area contributed by atoms with Gasteiger partial charge in [-0.25, -0.2) is 4.98 Å². The van der Waals surface area contributed by atoms with E-state index >= 15 is 0 Å². The molecular formula is C11H11N3S. The van der Waals surface area contributed by atoms with E-state index in [-0.39, 0.29) is 0 Å². The quantitative estimate of drug-likeness (QED) is 0.792. The Morgan fingerprint density at radius 1 is 1.27 bits per heavy atom. The molecule has 76 valence electrons. The Morgan fingerprint density at radius 3 is 2.93 bits per heavy atom. The predicted octanol–water partition coefficient (Wildman–Crippen LogP) is 1.85. The monoisotopic (exact) mass is 217 g/mol. The van der Waals surface area contributed by atoms with Crippen molar-refractivity contribution >= 4 is 11.3 Å². The zero-order valence-electron chi connectivity index (χ0n) is 8.23. The van der Waals surface area contributed by atoms with E-state index in [0.29, 0.717) is 0 Å². The van der Waals surface area contributed by atoms with Crippen LogP contribution in [0.1, 0.15) is 10.6 Å². The Balaban J connectivity index is 2.03. The Labute approximate surface area is 92.2 Å². The lowest BCUT2D eigenvalue weighted by Gasteiger charge is -2.09. The second-order valence-electron chi connectivity index (χ2n) is 3.55. The van der Waals surface area contributed by atoms with E-state index in [1.807, 2.05) is 24.5 Å². The third-order valence-corrected chi connectivity index (χ3v) is 3.68. The third kappa shape index (κ3) is 1.66. The summed E-state index contributed by atoms with van der Waals surface area (Å²) in [5.41, 5.74) is 2.44. The van der Waals surface area contributed by atoms with Gasteiger partial charge < -0.3 is 5.32 Å². The molecule has 0 saturated heterocycles. The van der Waals surface area contributed by atoms with Crippen molar-refractivity contribution in [1.82, 2.24) is 15.3 Å². The molecule has 0 aromatic carbocycles. The second kappa shape index (κ2) is 3.72. The molecule has 0 unspecified atom stereocenters. The van der Waals surface area contributed by atoms with E-state index in [1.54, 1.807) is 11.3 Å². The van der Waals surface area contributed by atoms with E-state index < -0.39 is 0 Å². The summed E-state index contributed by atoms with van der Waals surface area (Å²) < 4.78 is 0. The predicted molar refractivity (Wildman–Crippen MR) is 60.8 cm³/mol. The van der Waals surface area contributed by atoms with Crippen LogP contribution in [0.2, 0.25) is 0 Å². The lowest BCUT2D eigenvalue weighted by Crippen LogP contribution is -2.22. The van der Waals surface area contributed by atoms with Crippen molar-refractivity contribution in [1.29, 1.82) is 0 Å². The molecule has 0 fully saturated rings. The average molecular weight is 217 g/mol. The number of aromatic nitrogens is 2. The van der Waals surface area contributed by atoms with E-state index in [0.717, 1.165) is 24.5 Å². The fourth-order valence-electron chi connectivity index (χ4n) is 1.74. The van der Waals surface area contributed by atoms with Crippen LogP contribution in [0.25, 0.3) is 10.6 Å². The molecule has 3 nitrogen and oxygen atoms in total. The molecule has 0 radical (unpaired) electrons. The molecule has 0 spiro atoms. The van der Waals surface area contributed by atoms with Crippen LogP contribution < -0.4 is 5.32 Å². The van der Waals surface area contributed by atoms with Gasteiger partial charge in [-0.2, -0.15) is 0 Å². The summed E-state index contributed by atoms with van der Waals surface area (Å²) in [5.74, 6) is 0. The summed E-state index contributed by atoms with van der Waals surface area (Å²) in [7, 11) is 0. The highest BCUT2D eigenvalue weighted by Crippen LogP contribution is 2.29. The second-order valence-corrected chi connectivity index (χ2v) is 4.64. The number of hydrogen-bond acceptors (Lipinski definition) is 4. The van der Waals surface area contributed by atoms with Crippen LogP contribution in [0.3, 0.4) is 0 Å². The summed E-state index contributed by atoms with van der Waals surface area (Å²) >= 11 is 1.79. The highest BCUT2D eigenvalue weighted by Gasteiger charge is 2.15. The molecule has 15 heavy (non-hydrogen) atoms. The zero-order valence-corrected chi connectivity index (χ0v) is 9.05. The van der Waals surface area contributed by atoms with Crippen molar-refractivity contribution in [2.75, 3.05) is 6.54 Å². The molecule has 4 heteroatoms. The molecule has 1 aliphatic heterocycles. The number of hydrogen-bond donors (Lipinski definition) is 1. The van der Waals surface area contributed by atoms with Crippen molar-refractivity contribution in [2.24, 2.45) is 0 Å². The van der Waals surface area contributed by atoms with Crippen molar-refractivity contribution in [3.8, 4) is 10.6 Å². The smallest absolute Gasteiger partial charge is 0.124 e. The number of nitrogens with zero attached hydrogens (tertiary/aromatic N) is 2. The van der Waals surface area contributed by atoms with Gasteiger partial charge in [-0.3, -0.25) is 4.98 Å². The van der Waals surface area contributed by atoms with Crippen molar-refractivity contribution in [2.45, 2.75) is 13.0 Å². The SMILES string of the molecule is c1cc(-c2nc3c(s2)CNCC3)ccn1. The van der Waals surface area contributed by atoms with E-state index in [4.69, 9.17) is 0 Å². The minimum Gasteiger partial charge on any atom is -0.311 e. The Morgan fingerprint density at radius 2 is 2.13 bits per heavy atom. The van der Waals surface area contributed by atoms with Gasteiger partial charge in [0.25, 0.3) is 0 Å². The van der Waals surface area contributed by atoms with Crippen LogP contribution in [-0.2, 0) is 13.0 Å². The molecule has 0 aliphatic carbocycles. The van der Waals surface area contributed by atoms with Crippen LogP contribution in [0.15, 0.2) is 24.5 Å². The molecule has 0 atom stereocenters. The maximum absolute atomic E-state index is 4.67. The van der Waals surface area contributed by atoms with E-state index in [1.165, 1.54) is 16.1 Å². The Bertz CT molecular complexity index is 440. The van der Waals surface area contributed by atoms with Crippen LogP contribution >= 0.6 is 11.3 Å². The molecule has 3 rings (SSSR count). The molecule has 0 bridgehead atoms. The molecular weight excluding hydrogens is 206 g/mol. The Kier molecular flexibility index (Phi) is 2.23. The van der Waals surface area contributed by atoms with E-state index in [2.05, 4.69) is 15.3 Å². The first-order chi connectivity index (χ1) is 7.43. The Hall–Kier alpha value is -1.26. The van der Waals surface area contributed by atoms with Gasteiger partial charge in [0.2, 0.25) is 0 Å². The van der Waals surface area contributed by atoms with Gasteiger partial charge in [-0.1, -0.05) is 0 Å². The number of thiazole rings is 1. The minimum atomic E-state index is 0.970. The van der Waals surface area contributed by atoms with Crippen LogP contribution in [-0.4, -0.2) is 16.5 Å². The summed E-state index contributed by atoms with van der Waals surface area (Å²) in [6.45, 7) is 2.02. The molecule has 0 amide bonds. The van der Waals surface area contributed by atoms with Crippen LogP contribution in [0, 0.1) is 0 Å². The van der Waals surface area contributed by atoms with Gasteiger partial charge >= 0.3 is 0 Å². The average Bonchev–Trinajstić information content (AvgIpc) is 2.74. The zero-order chi connectivity index (χ0) is 10.1. The fraction of sp³-hybridized carbons (Fsp3) is 0.273. The topological polar surface area (TPSA) is 37.8 Å². The molecule has 3 heterocycles. The van der Waals surface area contributed by atoms with E-state index in [9.17, 15) is 0 Å². The van der Waals surface area contributed by atoms with Gasteiger partial charge in [-0.15, -0.1) is 11.3 Å². The number of fused-ring (bicyclic) bond motifs is 1. The summed E-state index contributed by atoms with van der Waals surface area (Å²) in [5, 5.41) is 4.48. The van der Waals surface area contributed by atoms with Crippen LogP contribution in [0.5, 0.6) is 0 Å². The highest BCUT2D eigenvalue weighted by atomic mass is 32.1. The first-order valence-electron chi connectivity index (χ1n) is 5.03. The molecule has 2 aromatic rings. The highest BCUT2D eigenvalue weighted by molar-refractivity contribution is 7.15. The fourth-order valence-corrected chi connectivity index (χ4v) is 2.83.